The van der Waals surface area contributed by atoms with Crippen LogP contribution in [0, 0.1) is 11.8 Å². The van der Waals surface area contributed by atoms with E-state index in [-0.39, 0.29) is 0 Å². The largest absolute Gasteiger partial charge is 0.0654 e. The van der Waals surface area contributed by atoms with Crippen molar-refractivity contribution in [3.63, 3.8) is 0 Å². The topological polar surface area (TPSA) is 0 Å². The lowest BCUT2D eigenvalue weighted by atomic mass is 9.85. The average Bonchev–Trinajstić information content (AvgIpc) is 2.32. The van der Waals surface area contributed by atoms with Crippen molar-refractivity contribution in [1.82, 2.24) is 0 Å². The van der Waals surface area contributed by atoms with Gasteiger partial charge in [0, 0.05) is 0 Å². The van der Waals surface area contributed by atoms with Crippen molar-refractivity contribution < 1.29 is 0 Å². The molecule has 0 aliphatic rings. The van der Waals surface area contributed by atoms with Gasteiger partial charge in [-0.3, -0.25) is 0 Å². The van der Waals surface area contributed by atoms with Crippen molar-refractivity contribution in [1.29, 1.82) is 0 Å². The first kappa shape index (κ1) is 16.0. The van der Waals surface area contributed by atoms with Crippen LogP contribution >= 0.6 is 0 Å². The highest BCUT2D eigenvalue weighted by Crippen LogP contribution is 2.26. The van der Waals surface area contributed by atoms with E-state index in [0.717, 1.165) is 11.8 Å². The van der Waals surface area contributed by atoms with E-state index in [9.17, 15) is 0 Å². The lowest BCUT2D eigenvalue weighted by Crippen LogP contribution is -2.08. The molecule has 0 spiro atoms. The van der Waals surface area contributed by atoms with Gasteiger partial charge in [0.15, 0.2) is 0 Å². The van der Waals surface area contributed by atoms with Crippen molar-refractivity contribution in [2.24, 2.45) is 11.8 Å². The number of hydrogen-bond donors (Lipinski definition) is 0. The van der Waals surface area contributed by atoms with Crippen molar-refractivity contribution in [3.05, 3.63) is 0 Å². The number of unbranched alkanes of at least 4 members (excludes halogenated alkanes) is 3. The first-order valence-electron chi connectivity index (χ1n) is 7.78. The van der Waals surface area contributed by atoms with E-state index in [1.807, 2.05) is 0 Å². The smallest absolute Gasteiger partial charge is 0.0414 e. The Bertz CT molecular complexity index is 128. The second-order valence-electron chi connectivity index (χ2n) is 5.42. The van der Waals surface area contributed by atoms with Crippen LogP contribution in [-0.2, 0) is 0 Å². The fraction of sp³-hybridized carbons (Fsp3) is 1.00. The molecule has 0 rings (SSSR count). The summed E-state index contributed by atoms with van der Waals surface area (Å²) in [6.07, 6.45) is 14.3. The molecule has 98 valence electrons. The highest BCUT2D eigenvalue weighted by atomic mass is 14.2. The minimum absolute atomic E-state index is 1.01. The maximum Gasteiger partial charge on any atom is -0.0414 e. The van der Waals surface area contributed by atoms with Crippen molar-refractivity contribution in [3.8, 4) is 0 Å². The van der Waals surface area contributed by atoms with Crippen LogP contribution in [-0.4, -0.2) is 0 Å². The van der Waals surface area contributed by atoms with Gasteiger partial charge in [0.25, 0.3) is 0 Å². The Morgan fingerprint density at radius 2 is 1.12 bits per heavy atom. The van der Waals surface area contributed by atoms with Crippen LogP contribution in [0.1, 0.15) is 91.9 Å². The maximum absolute atomic E-state index is 2.38. The molecule has 0 aromatic rings. The quantitative estimate of drug-likeness (QED) is 0.368. The molecule has 16 heavy (non-hydrogen) atoms. The van der Waals surface area contributed by atoms with Gasteiger partial charge in [-0.1, -0.05) is 85.5 Å². The number of hydrogen-bond acceptors (Lipinski definition) is 0. The Kier molecular flexibility index (Phi) is 11.5. The zero-order valence-corrected chi connectivity index (χ0v) is 12.2. The zero-order valence-electron chi connectivity index (χ0n) is 12.2. The molecule has 0 nitrogen and oxygen atoms in total. The zero-order chi connectivity index (χ0) is 12.2. The van der Waals surface area contributed by atoms with Crippen LogP contribution in [0.5, 0.6) is 0 Å². The Balaban J connectivity index is 3.77. The third-order valence-corrected chi connectivity index (χ3v) is 4.00. The first-order valence-corrected chi connectivity index (χ1v) is 7.78. The SMILES string of the molecule is CCCCCC(CC)CC(CC)CCCC. The minimum Gasteiger partial charge on any atom is -0.0654 e. The van der Waals surface area contributed by atoms with Gasteiger partial charge < -0.3 is 0 Å². The molecule has 0 saturated heterocycles. The second kappa shape index (κ2) is 11.5. The lowest BCUT2D eigenvalue weighted by molar-refractivity contribution is 0.310. The Morgan fingerprint density at radius 1 is 0.625 bits per heavy atom. The molecule has 2 unspecified atom stereocenters. The van der Waals surface area contributed by atoms with E-state index in [2.05, 4.69) is 27.7 Å². The molecule has 0 fully saturated rings. The van der Waals surface area contributed by atoms with E-state index in [1.54, 1.807) is 0 Å². The van der Waals surface area contributed by atoms with Crippen LogP contribution in [0.3, 0.4) is 0 Å². The summed E-state index contributed by atoms with van der Waals surface area (Å²) in [6, 6.07) is 0. The highest BCUT2D eigenvalue weighted by molar-refractivity contribution is 4.65. The molecular formula is C16H34. The van der Waals surface area contributed by atoms with E-state index in [4.69, 9.17) is 0 Å². The summed E-state index contributed by atoms with van der Waals surface area (Å²) >= 11 is 0. The Labute approximate surface area is 104 Å². The fourth-order valence-corrected chi connectivity index (χ4v) is 2.62. The van der Waals surface area contributed by atoms with Crippen LogP contribution in [0.25, 0.3) is 0 Å². The summed E-state index contributed by atoms with van der Waals surface area (Å²) in [5, 5.41) is 0. The van der Waals surface area contributed by atoms with Crippen molar-refractivity contribution >= 4 is 0 Å². The monoisotopic (exact) mass is 226 g/mol. The van der Waals surface area contributed by atoms with E-state index < -0.39 is 0 Å². The lowest BCUT2D eigenvalue weighted by Gasteiger charge is -2.21. The summed E-state index contributed by atoms with van der Waals surface area (Å²) in [4.78, 5) is 0. The van der Waals surface area contributed by atoms with Crippen molar-refractivity contribution in [2.45, 2.75) is 91.9 Å². The highest BCUT2D eigenvalue weighted by Gasteiger charge is 2.13. The second-order valence-corrected chi connectivity index (χ2v) is 5.42. The molecule has 0 heteroatoms. The molecule has 0 saturated carbocycles. The minimum atomic E-state index is 1.01. The third kappa shape index (κ3) is 8.19. The molecule has 0 aromatic carbocycles. The van der Waals surface area contributed by atoms with Gasteiger partial charge in [0.2, 0.25) is 0 Å². The third-order valence-electron chi connectivity index (χ3n) is 4.00. The molecule has 0 radical (unpaired) electrons. The molecule has 0 aromatic heterocycles. The van der Waals surface area contributed by atoms with Gasteiger partial charge >= 0.3 is 0 Å². The van der Waals surface area contributed by atoms with Gasteiger partial charge in [0.1, 0.15) is 0 Å². The van der Waals surface area contributed by atoms with Crippen LogP contribution < -0.4 is 0 Å². The van der Waals surface area contributed by atoms with Gasteiger partial charge in [0.05, 0.1) is 0 Å². The van der Waals surface area contributed by atoms with Gasteiger partial charge in [-0.15, -0.1) is 0 Å². The molecule has 0 aliphatic carbocycles. The summed E-state index contributed by atoms with van der Waals surface area (Å²) in [5.41, 5.74) is 0. The van der Waals surface area contributed by atoms with Crippen LogP contribution in [0.4, 0.5) is 0 Å². The summed E-state index contributed by atoms with van der Waals surface area (Å²) in [6.45, 7) is 9.37. The van der Waals surface area contributed by atoms with Gasteiger partial charge in [-0.25, -0.2) is 0 Å². The van der Waals surface area contributed by atoms with Crippen molar-refractivity contribution in [2.75, 3.05) is 0 Å². The summed E-state index contributed by atoms with van der Waals surface area (Å²) in [5.74, 6) is 2.01. The van der Waals surface area contributed by atoms with Gasteiger partial charge in [-0.2, -0.15) is 0 Å². The van der Waals surface area contributed by atoms with E-state index in [1.165, 1.54) is 64.2 Å². The molecule has 0 N–H and O–H groups in total. The first-order chi connectivity index (χ1) is 7.78. The number of rotatable bonds is 11. The molecule has 2 atom stereocenters. The molecule has 0 bridgehead atoms. The van der Waals surface area contributed by atoms with E-state index in [0.29, 0.717) is 0 Å². The summed E-state index contributed by atoms with van der Waals surface area (Å²) in [7, 11) is 0. The maximum atomic E-state index is 2.38. The molecule has 0 amide bonds. The molecule has 0 aliphatic heterocycles. The molecular weight excluding hydrogens is 192 g/mol. The predicted octanol–water partition coefficient (Wildman–Crippen LogP) is 6.20. The average molecular weight is 226 g/mol. The Morgan fingerprint density at radius 3 is 1.56 bits per heavy atom. The predicted molar refractivity (Wildman–Crippen MR) is 75.8 cm³/mol. The van der Waals surface area contributed by atoms with Gasteiger partial charge in [-0.05, 0) is 18.3 Å². The van der Waals surface area contributed by atoms with Crippen LogP contribution in [0.2, 0.25) is 0 Å². The normalized spacial score (nSPS) is 15.0. The fourth-order valence-electron chi connectivity index (χ4n) is 2.62. The van der Waals surface area contributed by atoms with E-state index >= 15 is 0 Å². The standard InChI is InChI=1S/C16H34/c1-5-9-11-13-16(8-4)14-15(7-3)12-10-6-2/h15-16H,5-14H2,1-4H3. The molecule has 0 heterocycles. The Hall–Kier alpha value is 0. The summed E-state index contributed by atoms with van der Waals surface area (Å²) < 4.78 is 0. The van der Waals surface area contributed by atoms with Crippen LogP contribution in [0.15, 0.2) is 0 Å².